The summed E-state index contributed by atoms with van der Waals surface area (Å²) in [6.07, 6.45) is 9.93. The molecule has 0 bridgehead atoms. The molecule has 2 aromatic heterocycles. The molecule has 3 nitrogen and oxygen atoms in total. The average Bonchev–Trinajstić information content (AvgIpc) is 3.15. The Bertz CT molecular complexity index is 564. The van der Waals surface area contributed by atoms with Gasteiger partial charge in [-0.15, -0.1) is 0 Å². The number of fused-ring (bicyclic) bond motifs is 1. The Morgan fingerprint density at radius 1 is 1.56 bits per heavy atom. The van der Waals surface area contributed by atoms with Crippen molar-refractivity contribution < 1.29 is 0 Å². The lowest BCUT2D eigenvalue weighted by molar-refractivity contribution is 0.723. The summed E-state index contributed by atoms with van der Waals surface area (Å²) in [7, 11) is 0. The Labute approximate surface area is 107 Å². The third-order valence-electron chi connectivity index (χ3n) is 3.49. The normalized spacial score (nSPS) is 16.4. The van der Waals surface area contributed by atoms with E-state index in [0.717, 1.165) is 24.7 Å². The Hall–Kier alpha value is -1.61. The van der Waals surface area contributed by atoms with Crippen LogP contribution < -0.4 is 5.32 Å². The molecule has 1 saturated carbocycles. The zero-order chi connectivity index (χ0) is 12.4. The molecule has 0 unspecified atom stereocenters. The fraction of sp³-hybridized carbons (Fsp3) is 0.400. The first-order valence-corrected chi connectivity index (χ1v) is 6.71. The van der Waals surface area contributed by atoms with E-state index in [4.69, 9.17) is 0 Å². The molecule has 1 aliphatic carbocycles. The summed E-state index contributed by atoms with van der Waals surface area (Å²) in [5, 5.41) is 4.78. The highest BCUT2D eigenvalue weighted by Crippen LogP contribution is 2.21. The van der Waals surface area contributed by atoms with Crippen molar-refractivity contribution in [2.75, 3.05) is 6.54 Å². The van der Waals surface area contributed by atoms with Crippen LogP contribution in [0.5, 0.6) is 0 Å². The summed E-state index contributed by atoms with van der Waals surface area (Å²) in [6, 6.07) is 4.87. The van der Waals surface area contributed by atoms with Crippen LogP contribution in [0.15, 0.2) is 30.1 Å². The average molecular weight is 241 g/mol. The lowest BCUT2D eigenvalue weighted by Crippen LogP contribution is -2.18. The number of H-pyrrole nitrogens is 1. The summed E-state index contributed by atoms with van der Waals surface area (Å²) in [5.41, 5.74) is 3.66. The predicted molar refractivity (Wildman–Crippen MR) is 75.4 cm³/mol. The van der Waals surface area contributed by atoms with Crippen LogP contribution in [-0.2, 0) is 0 Å². The standard InChI is InChI=1S/C15H19N3/c1-2-11(9-17-13-5-6-13)8-12-10-18-15-14(12)4-3-7-16-15/h3-4,7-8,10,13,17H,2,5-6,9H2,1H3,(H,16,18). The van der Waals surface area contributed by atoms with E-state index in [-0.39, 0.29) is 0 Å². The number of hydrogen-bond donors (Lipinski definition) is 2. The molecule has 0 radical (unpaired) electrons. The molecule has 94 valence electrons. The fourth-order valence-electron chi connectivity index (χ4n) is 2.16. The third kappa shape index (κ3) is 2.46. The quantitative estimate of drug-likeness (QED) is 0.844. The largest absolute Gasteiger partial charge is 0.346 e. The van der Waals surface area contributed by atoms with Crippen molar-refractivity contribution >= 4 is 17.1 Å². The molecule has 1 aliphatic rings. The van der Waals surface area contributed by atoms with Crippen molar-refractivity contribution in [2.45, 2.75) is 32.2 Å². The molecule has 0 spiro atoms. The van der Waals surface area contributed by atoms with Gasteiger partial charge in [0.25, 0.3) is 0 Å². The molecule has 0 amide bonds. The highest BCUT2D eigenvalue weighted by atomic mass is 14.9. The molecule has 0 aliphatic heterocycles. The van der Waals surface area contributed by atoms with Gasteiger partial charge in [-0.05, 0) is 31.4 Å². The van der Waals surface area contributed by atoms with Crippen LogP contribution in [-0.4, -0.2) is 22.6 Å². The van der Waals surface area contributed by atoms with Crippen molar-refractivity contribution in [3.8, 4) is 0 Å². The minimum atomic E-state index is 0.768. The van der Waals surface area contributed by atoms with Crippen LogP contribution in [0.2, 0.25) is 0 Å². The fourth-order valence-corrected chi connectivity index (χ4v) is 2.16. The van der Waals surface area contributed by atoms with Crippen LogP contribution in [0.1, 0.15) is 31.7 Å². The summed E-state index contributed by atoms with van der Waals surface area (Å²) in [4.78, 5) is 7.54. The number of aromatic nitrogens is 2. The van der Waals surface area contributed by atoms with Crippen LogP contribution >= 0.6 is 0 Å². The molecule has 0 atom stereocenters. The maximum atomic E-state index is 4.32. The Balaban J connectivity index is 1.82. The number of nitrogens with zero attached hydrogens (tertiary/aromatic N) is 1. The summed E-state index contributed by atoms with van der Waals surface area (Å²) < 4.78 is 0. The molecule has 2 N–H and O–H groups in total. The smallest absolute Gasteiger partial charge is 0.137 e. The van der Waals surface area contributed by atoms with Crippen molar-refractivity contribution in [1.29, 1.82) is 0 Å². The van der Waals surface area contributed by atoms with Crippen LogP contribution in [0, 0.1) is 0 Å². The van der Waals surface area contributed by atoms with Gasteiger partial charge >= 0.3 is 0 Å². The van der Waals surface area contributed by atoms with Crippen LogP contribution in [0.4, 0.5) is 0 Å². The number of pyridine rings is 1. The van der Waals surface area contributed by atoms with E-state index < -0.39 is 0 Å². The predicted octanol–water partition coefficient (Wildman–Crippen LogP) is 3.11. The SMILES string of the molecule is CCC(=Cc1c[nH]c2ncccc12)CNC1CC1. The molecular weight excluding hydrogens is 222 g/mol. The molecule has 3 rings (SSSR count). The maximum Gasteiger partial charge on any atom is 0.137 e. The van der Waals surface area contributed by atoms with Gasteiger partial charge < -0.3 is 10.3 Å². The molecule has 3 heteroatoms. The van der Waals surface area contributed by atoms with Crippen molar-refractivity contribution in [2.24, 2.45) is 0 Å². The van der Waals surface area contributed by atoms with Crippen LogP contribution in [0.25, 0.3) is 17.1 Å². The van der Waals surface area contributed by atoms with Gasteiger partial charge in [-0.2, -0.15) is 0 Å². The third-order valence-corrected chi connectivity index (χ3v) is 3.49. The zero-order valence-electron chi connectivity index (χ0n) is 10.7. The minimum absolute atomic E-state index is 0.768. The lowest BCUT2D eigenvalue weighted by atomic mass is 10.1. The van der Waals surface area contributed by atoms with Gasteiger partial charge in [0.2, 0.25) is 0 Å². The van der Waals surface area contributed by atoms with Gasteiger partial charge in [0.15, 0.2) is 0 Å². The number of nitrogens with one attached hydrogen (secondary N) is 2. The Kier molecular flexibility index (Phi) is 3.15. The van der Waals surface area contributed by atoms with Crippen molar-refractivity contribution in [1.82, 2.24) is 15.3 Å². The molecule has 2 aromatic rings. The first kappa shape index (κ1) is 11.5. The number of rotatable bonds is 5. The van der Waals surface area contributed by atoms with E-state index in [9.17, 15) is 0 Å². The zero-order valence-corrected chi connectivity index (χ0v) is 10.7. The highest BCUT2D eigenvalue weighted by molar-refractivity contribution is 5.86. The van der Waals surface area contributed by atoms with E-state index in [0.29, 0.717) is 0 Å². The molecule has 18 heavy (non-hydrogen) atoms. The van der Waals surface area contributed by atoms with Crippen molar-refractivity contribution in [3.63, 3.8) is 0 Å². The van der Waals surface area contributed by atoms with E-state index in [2.05, 4.69) is 34.4 Å². The second-order valence-corrected chi connectivity index (χ2v) is 4.95. The summed E-state index contributed by atoms with van der Waals surface area (Å²) in [5.74, 6) is 0. The molecule has 2 heterocycles. The molecule has 0 saturated heterocycles. The van der Waals surface area contributed by atoms with Gasteiger partial charge in [-0.1, -0.05) is 18.6 Å². The Morgan fingerprint density at radius 2 is 2.44 bits per heavy atom. The van der Waals surface area contributed by atoms with Gasteiger partial charge in [0, 0.05) is 35.9 Å². The van der Waals surface area contributed by atoms with Gasteiger partial charge in [-0.25, -0.2) is 4.98 Å². The Morgan fingerprint density at radius 3 is 3.22 bits per heavy atom. The summed E-state index contributed by atoms with van der Waals surface area (Å²) >= 11 is 0. The van der Waals surface area contributed by atoms with E-state index >= 15 is 0 Å². The summed E-state index contributed by atoms with van der Waals surface area (Å²) in [6.45, 7) is 3.22. The van der Waals surface area contributed by atoms with E-state index in [1.165, 1.54) is 29.4 Å². The first-order valence-electron chi connectivity index (χ1n) is 6.71. The number of aromatic amines is 1. The second kappa shape index (κ2) is 4.94. The van der Waals surface area contributed by atoms with Crippen molar-refractivity contribution in [3.05, 3.63) is 35.7 Å². The maximum absolute atomic E-state index is 4.32. The van der Waals surface area contributed by atoms with E-state index in [1.807, 2.05) is 18.5 Å². The van der Waals surface area contributed by atoms with Gasteiger partial charge in [0.05, 0.1) is 0 Å². The highest BCUT2D eigenvalue weighted by Gasteiger charge is 2.20. The number of hydrogen-bond acceptors (Lipinski definition) is 2. The topological polar surface area (TPSA) is 40.7 Å². The lowest BCUT2D eigenvalue weighted by Gasteiger charge is -2.05. The van der Waals surface area contributed by atoms with Gasteiger partial charge in [-0.3, -0.25) is 0 Å². The minimum Gasteiger partial charge on any atom is -0.346 e. The van der Waals surface area contributed by atoms with E-state index in [1.54, 1.807) is 0 Å². The molecular formula is C15H19N3. The van der Waals surface area contributed by atoms with Gasteiger partial charge in [0.1, 0.15) is 5.65 Å². The molecule has 0 aromatic carbocycles. The second-order valence-electron chi connectivity index (χ2n) is 4.95. The first-order chi connectivity index (χ1) is 8.86. The molecule has 1 fully saturated rings. The monoisotopic (exact) mass is 241 g/mol. The van der Waals surface area contributed by atoms with Crippen LogP contribution in [0.3, 0.4) is 0 Å².